The highest BCUT2D eigenvalue weighted by Crippen LogP contribution is 2.43. The lowest BCUT2D eigenvalue weighted by atomic mass is 9.86. The van der Waals surface area contributed by atoms with Crippen LogP contribution in [0.2, 0.25) is 0 Å². The summed E-state index contributed by atoms with van der Waals surface area (Å²) in [4.78, 5) is 11.8. The Balaban J connectivity index is 2.13. The molecule has 2 aromatic rings. The van der Waals surface area contributed by atoms with Crippen LogP contribution in [0.4, 0.5) is 5.82 Å². The van der Waals surface area contributed by atoms with E-state index in [-0.39, 0.29) is 11.8 Å². The summed E-state index contributed by atoms with van der Waals surface area (Å²) in [5, 5.41) is 9.58. The minimum atomic E-state index is -0.0949. The number of aromatic nitrogens is 2. The highest BCUT2D eigenvalue weighted by molar-refractivity contribution is 5.94. The molecule has 0 fully saturated rings. The summed E-state index contributed by atoms with van der Waals surface area (Å²) in [7, 11) is 3.19. The second kappa shape index (κ2) is 4.88. The van der Waals surface area contributed by atoms with E-state index in [2.05, 4.69) is 15.5 Å². The Morgan fingerprint density at radius 2 is 2.10 bits per heavy atom. The maximum Gasteiger partial charge on any atom is 0.226 e. The maximum atomic E-state index is 11.8. The molecule has 20 heavy (non-hydrogen) atoms. The fourth-order valence-corrected chi connectivity index (χ4v) is 2.61. The average molecular weight is 273 g/mol. The maximum absolute atomic E-state index is 11.8. The second-order valence-electron chi connectivity index (χ2n) is 4.59. The van der Waals surface area contributed by atoms with Gasteiger partial charge in [-0.15, -0.1) is 0 Å². The second-order valence-corrected chi connectivity index (χ2v) is 4.59. The van der Waals surface area contributed by atoms with E-state index in [1.54, 1.807) is 20.4 Å². The van der Waals surface area contributed by atoms with Crippen molar-refractivity contribution in [2.75, 3.05) is 19.5 Å². The summed E-state index contributed by atoms with van der Waals surface area (Å²) in [5.74, 6) is 1.82. The van der Waals surface area contributed by atoms with Gasteiger partial charge >= 0.3 is 0 Å². The molecule has 1 atom stereocenters. The lowest BCUT2D eigenvalue weighted by molar-refractivity contribution is -0.116. The highest BCUT2D eigenvalue weighted by atomic mass is 16.5. The smallest absolute Gasteiger partial charge is 0.226 e. The van der Waals surface area contributed by atoms with E-state index < -0.39 is 0 Å². The number of carbonyl (C=O) groups excluding carboxylic acids is 1. The SMILES string of the molecule is COc1cccc([C@H]2CC(=O)Nc3[nH]ncc32)c1OC. The molecule has 0 aliphatic carbocycles. The molecule has 0 spiro atoms. The molecule has 6 heteroatoms. The summed E-state index contributed by atoms with van der Waals surface area (Å²) in [6, 6.07) is 5.67. The number of H-pyrrole nitrogens is 1. The number of amides is 1. The van der Waals surface area contributed by atoms with E-state index in [4.69, 9.17) is 9.47 Å². The Labute approximate surface area is 116 Å². The Bertz CT molecular complexity index is 651. The molecule has 1 aromatic heterocycles. The molecule has 0 bridgehead atoms. The first-order valence-electron chi connectivity index (χ1n) is 6.28. The lowest BCUT2D eigenvalue weighted by Gasteiger charge is -2.24. The minimum Gasteiger partial charge on any atom is -0.493 e. The number of hydrogen-bond donors (Lipinski definition) is 2. The largest absolute Gasteiger partial charge is 0.493 e. The third-order valence-electron chi connectivity index (χ3n) is 3.51. The first-order chi connectivity index (χ1) is 9.74. The fraction of sp³-hybridized carbons (Fsp3) is 0.286. The zero-order chi connectivity index (χ0) is 14.1. The van der Waals surface area contributed by atoms with Crippen molar-refractivity contribution in [1.82, 2.24) is 10.2 Å². The molecule has 1 amide bonds. The van der Waals surface area contributed by atoms with Crippen molar-refractivity contribution < 1.29 is 14.3 Å². The third kappa shape index (κ3) is 1.89. The van der Waals surface area contributed by atoms with Gasteiger partial charge in [0.15, 0.2) is 11.5 Å². The standard InChI is InChI=1S/C14H15N3O3/c1-19-11-5-3-4-8(13(11)20-2)9-6-12(18)16-14-10(9)7-15-17-14/h3-5,7,9H,6H2,1-2H3,(H2,15,16,17,18)/t9-/m1/s1. The average Bonchev–Trinajstić information content (AvgIpc) is 2.93. The van der Waals surface area contributed by atoms with Crippen LogP contribution in [0.1, 0.15) is 23.5 Å². The zero-order valence-electron chi connectivity index (χ0n) is 11.3. The van der Waals surface area contributed by atoms with Gasteiger partial charge in [-0.3, -0.25) is 9.89 Å². The molecule has 2 heterocycles. The predicted octanol–water partition coefficient (Wildman–Crippen LogP) is 1.90. The van der Waals surface area contributed by atoms with Crippen molar-refractivity contribution in [1.29, 1.82) is 0 Å². The van der Waals surface area contributed by atoms with E-state index in [9.17, 15) is 4.79 Å². The lowest BCUT2D eigenvalue weighted by Crippen LogP contribution is -2.23. The van der Waals surface area contributed by atoms with Gasteiger partial charge in [-0.2, -0.15) is 5.10 Å². The number of methoxy groups -OCH3 is 2. The van der Waals surface area contributed by atoms with Gasteiger partial charge in [-0.1, -0.05) is 12.1 Å². The van der Waals surface area contributed by atoms with Crippen LogP contribution >= 0.6 is 0 Å². The number of ether oxygens (including phenoxy) is 2. The summed E-state index contributed by atoms with van der Waals surface area (Å²) in [5.41, 5.74) is 1.88. The molecule has 1 aromatic carbocycles. The van der Waals surface area contributed by atoms with Gasteiger partial charge in [-0.25, -0.2) is 0 Å². The number of fused-ring (bicyclic) bond motifs is 1. The number of nitrogens with zero attached hydrogens (tertiary/aromatic N) is 1. The topological polar surface area (TPSA) is 76.2 Å². The number of para-hydroxylation sites is 1. The van der Waals surface area contributed by atoms with Crippen LogP contribution < -0.4 is 14.8 Å². The molecule has 0 unspecified atom stereocenters. The van der Waals surface area contributed by atoms with Crippen LogP contribution in [0.5, 0.6) is 11.5 Å². The molecule has 0 radical (unpaired) electrons. The van der Waals surface area contributed by atoms with Crippen molar-refractivity contribution in [2.45, 2.75) is 12.3 Å². The first kappa shape index (κ1) is 12.5. The zero-order valence-corrected chi connectivity index (χ0v) is 11.3. The van der Waals surface area contributed by atoms with Crippen LogP contribution in [-0.4, -0.2) is 30.3 Å². The Morgan fingerprint density at radius 1 is 1.25 bits per heavy atom. The van der Waals surface area contributed by atoms with Gasteiger partial charge in [0, 0.05) is 23.5 Å². The summed E-state index contributed by atoms with van der Waals surface area (Å²) < 4.78 is 10.8. The number of aromatic amines is 1. The molecule has 0 saturated carbocycles. The monoisotopic (exact) mass is 273 g/mol. The van der Waals surface area contributed by atoms with Gasteiger partial charge in [0.05, 0.1) is 20.4 Å². The van der Waals surface area contributed by atoms with Gasteiger partial charge in [-0.05, 0) is 6.07 Å². The van der Waals surface area contributed by atoms with E-state index >= 15 is 0 Å². The molecular formula is C14H15N3O3. The molecule has 1 aliphatic rings. The first-order valence-corrected chi connectivity index (χ1v) is 6.28. The van der Waals surface area contributed by atoms with Gasteiger partial charge in [0.1, 0.15) is 5.82 Å². The van der Waals surface area contributed by atoms with Crippen molar-refractivity contribution in [3.05, 3.63) is 35.5 Å². The Kier molecular flexibility index (Phi) is 3.06. The molecule has 104 valence electrons. The van der Waals surface area contributed by atoms with E-state index in [1.807, 2.05) is 18.2 Å². The number of anilines is 1. The molecule has 1 aliphatic heterocycles. The fourth-order valence-electron chi connectivity index (χ4n) is 2.61. The molecule has 6 nitrogen and oxygen atoms in total. The number of nitrogens with one attached hydrogen (secondary N) is 2. The van der Waals surface area contributed by atoms with Crippen LogP contribution in [0, 0.1) is 0 Å². The van der Waals surface area contributed by atoms with E-state index in [0.717, 1.165) is 11.1 Å². The van der Waals surface area contributed by atoms with Gasteiger partial charge in [0.25, 0.3) is 0 Å². The normalized spacial score (nSPS) is 17.3. The number of benzene rings is 1. The van der Waals surface area contributed by atoms with Crippen LogP contribution in [-0.2, 0) is 4.79 Å². The predicted molar refractivity (Wildman–Crippen MR) is 73.2 cm³/mol. The summed E-state index contributed by atoms with van der Waals surface area (Å²) >= 11 is 0. The molecule has 3 rings (SSSR count). The van der Waals surface area contributed by atoms with Crippen LogP contribution in [0.25, 0.3) is 0 Å². The molecule has 2 N–H and O–H groups in total. The highest BCUT2D eigenvalue weighted by Gasteiger charge is 2.30. The Morgan fingerprint density at radius 3 is 2.85 bits per heavy atom. The van der Waals surface area contributed by atoms with Crippen molar-refractivity contribution in [2.24, 2.45) is 0 Å². The van der Waals surface area contributed by atoms with Crippen LogP contribution in [0.15, 0.2) is 24.4 Å². The summed E-state index contributed by atoms with van der Waals surface area (Å²) in [6.45, 7) is 0. The van der Waals surface area contributed by atoms with Crippen molar-refractivity contribution >= 4 is 11.7 Å². The number of hydrogen-bond acceptors (Lipinski definition) is 4. The Hall–Kier alpha value is -2.50. The van der Waals surface area contributed by atoms with Crippen LogP contribution in [0.3, 0.4) is 0 Å². The van der Waals surface area contributed by atoms with Gasteiger partial charge < -0.3 is 14.8 Å². The van der Waals surface area contributed by atoms with E-state index in [0.29, 0.717) is 23.7 Å². The molecular weight excluding hydrogens is 258 g/mol. The van der Waals surface area contributed by atoms with Crippen molar-refractivity contribution in [3.63, 3.8) is 0 Å². The number of rotatable bonds is 3. The molecule has 0 saturated heterocycles. The minimum absolute atomic E-state index is 0.0448. The third-order valence-corrected chi connectivity index (χ3v) is 3.51. The number of carbonyl (C=O) groups is 1. The van der Waals surface area contributed by atoms with Gasteiger partial charge in [0.2, 0.25) is 5.91 Å². The quantitative estimate of drug-likeness (QED) is 0.895. The summed E-state index contributed by atoms with van der Waals surface area (Å²) in [6.07, 6.45) is 2.09. The van der Waals surface area contributed by atoms with E-state index in [1.165, 1.54) is 0 Å². The van der Waals surface area contributed by atoms with Crippen molar-refractivity contribution in [3.8, 4) is 11.5 Å².